The maximum Gasteiger partial charge on any atom is 1.00 e. The molecule has 1 atom stereocenters. The number of carbonyl (C=O) groups excluding carboxylic acids is 1. The molecule has 36 heavy (non-hydrogen) atoms. The maximum absolute atomic E-state index is 10.7. The van der Waals surface area contributed by atoms with Crippen molar-refractivity contribution in [3.8, 4) is 0 Å². The van der Waals surface area contributed by atoms with Crippen molar-refractivity contribution in [1.29, 1.82) is 0 Å². The van der Waals surface area contributed by atoms with Crippen LogP contribution in [-0.2, 0) is 4.79 Å². The van der Waals surface area contributed by atoms with E-state index in [-0.39, 0.29) is 52.6 Å². The first-order valence-electron chi connectivity index (χ1n) is 12.9. The molecule has 196 valence electrons. The Kier molecular flexibility index (Phi) is 14.2. The summed E-state index contributed by atoms with van der Waals surface area (Å²) in [4.78, 5) is 10.7. The summed E-state index contributed by atoms with van der Waals surface area (Å²) in [5, 5.41) is 32.1. The summed E-state index contributed by atoms with van der Waals surface area (Å²) in [6.45, 7) is 9.08. The summed E-state index contributed by atoms with van der Waals surface area (Å²) in [6.07, 6.45) is 9.92. The Bertz CT molecular complexity index is 931. The molecule has 2 N–H and O–H groups in total. The molecule has 1 aliphatic rings. The molecule has 2 rings (SSSR count). The van der Waals surface area contributed by atoms with Gasteiger partial charge in [-0.15, -0.1) is 0 Å². The Hall–Kier alpha value is -0.490. The number of hydrogen-bond acceptors (Lipinski definition) is 4. The van der Waals surface area contributed by atoms with E-state index in [0.717, 1.165) is 18.4 Å². The van der Waals surface area contributed by atoms with Gasteiger partial charge in [-0.1, -0.05) is 88.2 Å². The number of unbranched alkanes of at least 4 members (excludes halogenated alkanes) is 2. The van der Waals surface area contributed by atoms with Crippen molar-refractivity contribution in [1.82, 2.24) is 0 Å². The van der Waals surface area contributed by atoms with Gasteiger partial charge in [0.15, 0.2) is 0 Å². The predicted molar refractivity (Wildman–Crippen MR) is 143 cm³/mol. The molecule has 0 aromatic heterocycles. The number of halogens is 2. The van der Waals surface area contributed by atoms with Crippen LogP contribution < -0.4 is 34.7 Å². The number of aliphatic hydroxyl groups excluding tert-OH is 2. The topological polar surface area (TPSA) is 80.6 Å². The molecule has 0 aliphatic heterocycles. The molecular weight excluding hydrogens is 506 g/mol. The van der Waals surface area contributed by atoms with Crippen LogP contribution in [0.5, 0.6) is 0 Å². The Balaban J connectivity index is 0.00000648. The normalized spacial score (nSPS) is 18.0. The van der Waals surface area contributed by atoms with Crippen molar-refractivity contribution in [3.63, 3.8) is 0 Å². The first kappa shape index (κ1) is 33.5. The number of benzene rings is 1. The number of aliphatic hydroxyl groups is 2. The van der Waals surface area contributed by atoms with Crippen LogP contribution in [0.3, 0.4) is 0 Å². The SMILES string of the molecule is CCCCC1(CCCC)CC(c2ccc(Cl)c(Cl)c2)=C(CCC(O)CC(O)=CC(=O)[O-])C(C)(C)C1.[Na+]. The van der Waals surface area contributed by atoms with E-state index in [0.29, 0.717) is 29.0 Å². The fourth-order valence-electron chi connectivity index (χ4n) is 5.88. The molecule has 4 nitrogen and oxygen atoms in total. The van der Waals surface area contributed by atoms with Crippen molar-refractivity contribution < 1.29 is 49.7 Å². The zero-order valence-corrected chi connectivity index (χ0v) is 26.1. The molecule has 7 heteroatoms. The molecule has 0 bridgehead atoms. The second-order valence-electron chi connectivity index (χ2n) is 10.9. The molecule has 0 saturated carbocycles. The van der Waals surface area contributed by atoms with Crippen LogP contribution in [0.2, 0.25) is 10.0 Å². The van der Waals surface area contributed by atoms with Crippen LogP contribution in [0.15, 0.2) is 35.6 Å². The summed E-state index contributed by atoms with van der Waals surface area (Å²) < 4.78 is 0. The first-order valence-corrected chi connectivity index (χ1v) is 13.6. The Morgan fingerprint density at radius 2 is 1.75 bits per heavy atom. The molecule has 0 saturated heterocycles. The molecular formula is C29H41Cl2NaO4. The van der Waals surface area contributed by atoms with E-state index in [1.807, 2.05) is 18.2 Å². The standard InChI is InChI=1S/C29H42Cl2O4.Na/c1-5-7-13-29(14-8-6-2)18-23(20-9-12-25(30)26(31)15-20)24(28(3,4)19-29)11-10-21(32)16-22(33)17-27(34)35;/h9,12,15,17,21,32-33H,5-8,10-11,13-14,16,18-19H2,1-4H3,(H,34,35);/q;+1/p-1. The predicted octanol–water partition coefficient (Wildman–Crippen LogP) is 4.66. The zero-order valence-electron chi connectivity index (χ0n) is 22.6. The Morgan fingerprint density at radius 3 is 2.28 bits per heavy atom. The second kappa shape index (κ2) is 15.2. The molecule has 1 aliphatic carbocycles. The van der Waals surface area contributed by atoms with E-state index in [2.05, 4.69) is 27.7 Å². The minimum absolute atomic E-state index is 0. The van der Waals surface area contributed by atoms with Crippen molar-refractivity contribution in [2.75, 3.05) is 0 Å². The molecule has 0 heterocycles. The number of carboxylic acid groups (broad SMARTS) is 1. The smallest absolute Gasteiger partial charge is 0.545 e. The van der Waals surface area contributed by atoms with E-state index in [4.69, 9.17) is 23.2 Å². The molecule has 0 spiro atoms. The maximum atomic E-state index is 10.7. The number of aliphatic carboxylic acids is 1. The van der Waals surface area contributed by atoms with Gasteiger partial charge in [-0.05, 0) is 78.7 Å². The van der Waals surface area contributed by atoms with Gasteiger partial charge in [0.2, 0.25) is 0 Å². The van der Waals surface area contributed by atoms with E-state index >= 15 is 0 Å². The minimum Gasteiger partial charge on any atom is -0.545 e. The van der Waals surface area contributed by atoms with Crippen molar-refractivity contribution in [2.24, 2.45) is 10.8 Å². The number of hydrogen-bond donors (Lipinski definition) is 2. The molecule has 1 aromatic rings. The number of carbonyl (C=O) groups is 1. The summed E-state index contributed by atoms with van der Waals surface area (Å²) in [5.41, 5.74) is 3.79. The van der Waals surface area contributed by atoms with Crippen molar-refractivity contribution >= 4 is 34.7 Å². The van der Waals surface area contributed by atoms with Gasteiger partial charge in [0.25, 0.3) is 0 Å². The van der Waals surface area contributed by atoms with Crippen LogP contribution in [0.1, 0.15) is 104 Å². The van der Waals surface area contributed by atoms with Gasteiger partial charge >= 0.3 is 29.6 Å². The zero-order chi connectivity index (χ0) is 26.2. The summed E-state index contributed by atoms with van der Waals surface area (Å²) in [6, 6.07) is 5.85. The van der Waals surface area contributed by atoms with Gasteiger partial charge in [-0.2, -0.15) is 0 Å². The fraction of sp³-hybridized carbons (Fsp3) is 0.621. The monoisotopic (exact) mass is 546 g/mol. The van der Waals surface area contributed by atoms with Crippen LogP contribution in [0, 0.1) is 10.8 Å². The van der Waals surface area contributed by atoms with E-state index < -0.39 is 12.1 Å². The molecule has 1 aromatic carbocycles. The van der Waals surface area contributed by atoms with Gasteiger partial charge in [-0.3, -0.25) is 0 Å². The van der Waals surface area contributed by atoms with Gasteiger partial charge in [0, 0.05) is 6.42 Å². The average molecular weight is 548 g/mol. The second-order valence-corrected chi connectivity index (χ2v) is 11.7. The average Bonchev–Trinajstić information content (AvgIpc) is 2.76. The van der Waals surface area contributed by atoms with Crippen LogP contribution in [-0.4, -0.2) is 22.3 Å². The van der Waals surface area contributed by atoms with E-state index in [9.17, 15) is 20.1 Å². The third kappa shape index (κ3) is 9.67. The summed E-state index contributed by atoms with van der Waals surface area (Å²) in [7, 11) is 0. The number of rotatable bonds is 13. The van der Waals surface area contributed by atoms with E-state index in [1.165, 1.54) is 49.7 Å². The summed E-state index contributed by atoms with van der Waals surface area (Å²) >= 11 is 12.7. The molecule has 1 unspecified atom stereocenters. The Labute approximate surface area is 249 Å². The van der Waals surface area contributed by atoms with Crippen LogP contribution in [0.4, 0.5) is 0 Å². The van der Waals surface area contributed by atoms with Gasteiger partial charge < -0.3 is 20.1 Å². The van der Waals surface area contributed by atoms with Crippen LogP contribution >= 0.6 is 23.2 Å². The molecule has 0 fully saturated rings. The largest absolute Gasteiger partial charge is 1.00 e. The molecule has 0 amide bonds. The Morgan fingerprint density at radius 1 is 1.14 bits per heavy atom. The van der Waals surface area contributed by atoms with Gasteiger partial charge in [0.05, 0.1) is 27.9 Å². The fourth-order valence-corrected chi connectivity index (χ4v) is 6.18. The number of allylic oxidation sites excluding steroid dienone is 2. The molecule has 0 radical (unpaired) electrons. The van der Waals surface area contributed by atoms with Crippen molar-refractivity contribution in [2.45, 2.75) is 104 Å². The summed E-state index contributed by atoms with van der Waals surface area (Å²) in [5.74, 6) is -1.85. The van der Waals surface area contributed by atoms with Gasteiger partial charge in [-0.25, -0.2) is 0 Å². The van der Waals surface area contributed by atoms with Gasteiger partial charge in [0.1, 0.15) is 0 Å². The van der Waals surface area contributed by atoms with Crippen molar-refractivity contribution in [3.05, 3.63) is 51.2 Å². The quantitative estimate of drug-likeness (QED) is 0.214. The van der Waals surface area contributed by atoms with Crippen LogP contribution in [0.25, 0.3) is 5.57 Å². The third-order valence-corrected chi connectivity index (χ3v) is 8.14. The minimum atomic E-state index is -1.47. The third-order valence-electron chi connectivity index (χ3n) is 7.40. The first-order chi connectivity index (χ1) is 16.4. The van der Waals surface area contributed by atoms with E-state index in [1.54, 1.807) is 0 Å². The number of carboxylic acids is 1.